The van der Waals surface area contributed by atoms with Crippen LogP contribution in [0.1, 0.15) is 37.0 Å². The Labute approximate surface area is 205 Å². The van der Waals surface area contributed by atoms with Gasteiger partial charge in [-0.25, -0.2) is 8.42 Å². The molecule has 0 aliphatic carbocycles. The SMILES string of the molecule is CCC1=NC2(CC(c3ccccc3)Oc3ccc(-c4cccc(NS(C)(=O)=O)c4)cc32)C(=O)N1C. The molecule has 180 valence electrons. The lowest BCUT2D eigenvalue weighted by Gasteiger charge is -2.37. The number of amides is 1. The van der Waals surface area contributed by atoms with E-state index in [2.05, 4.69) is 4.72 Å². The highest BCUT2D eigenvalue weighted by Crippen LogP contribution is 2.51. The lowest BCUT2D eigenvalue weighted by molar-refractivity contribution is -0.132. The molecule has 1 amide bonds. The number of anilines is 1. The number of fused-ring (bicyclic) bond motifs is 2. The Bertz CT molecular complexity index is 1440. The number of nitrogens with one attached hydrogen (secondary N) is 1. The third-order valence-corrected chi connectivity index (χ3v) is 7.13. The highest BCUT2D eigenvalue weighted by Gasteiger charge is 2.53. The Balaban J connectivity index is 1.64. The molecule has 2 aliphatic heterocycles. The molecule has 7 nitrogen and oxygen atoms in total. The molecular formula is C27H27N3O4S. The molecule has 5 rings (SSSR count). The maximum Gasteiger partial charge on any atom is 0.260 e. The van der Waals surface area contributed by atoms with Crippen molar-refractivity contribution in [2.24, 2.45) is 4.99 Å². The molecule has 0 saturated heterocycles. The number of carbonyl (C=O) groups is 1. The first-order chi connectivity index (χ1) is 16.7. The van der Waals surface area contributed by atoms with E-state index in [4.69, 9.17) is 9.73 Å². The van der Waals surface area contributed by atoms with Crippen LogP contribution in [0.5, 0.6) is 5.75 Å². The van der Waals surface area contributed by atoms with Crippen LogP contribution in [-0.4, -0.2) is 38.4 Å². The number of aliphatic imine (C=N–C) groups is 1. The van der Waals surface area contributed by atoms with Crippen LogP contribution in [-0.2, 0) is 20.4 Å². The van der Waals surface area contributed by atoms with E-state index in [1.54, 1.807) is 30.1 Å². The van der Waals surface area contributed by atoms with E-state index < -0.39 is 15.6 Å². The Hall–Kier alpha value is -3.65. The first-order valence-electron chi connectivity index (χ1n) is 11.5. The number of sulfonamides is 1. The van der Waals surface area contributed by atoms with Crippen molar-refractivity contribution in [2.45, 2.75) is 31.4 Å². The van der Waals surface area contributed by atoms with Crippen LogP contribution in [0, 0.1) is 0 Å². The molecule has 0 saturated carbocycles. The molecule has 35 heavy (non-hydrogen) atoms. The predicted molar refractivity (Wildman–Crippen MR) is 137 cm³/mol. The van der Waals surface area contributed by atoms with Crippen LogP contribution in [0.25, 0.3) is 11.1 Å². The van der Waals surface area contributed by atoms with Gasteiger partial charge in [-0.05, 0) is 41.0 Å². The summed E-state index contributed by atoms with van der Waals surface area (Å²) in [6.07, 6.45) is 1.85. The fourth-order valence-electron chi connectivity index (χ4n) is 4.90. The summed E-state index contributed by atoms with van der Waals surface area (Å²) in [6.45, 7) is 1.99. The summed E-state index contributed by atoms with van der Waals surface area (Å²) < 4.78 is 32.3. The molecule has 2 atom stereocenters. The number of amidine groups is 1. The largest absolute Gasteiger partial charge is 0.485 e. The Morgan fingerprint density at radius 2 is 1.80 bits per heavy atom. The van der Waals surface area contributed by atoms with Crippen molar-refractivity contribution >= 4 is 27.5 Å². The van der Waals surface area contributed by atoms with Crippen LogP contribution < -0.4 is 9.46 Å². The van der Waals surface area contributed by atoms with E-state index in [1.807, 2.05) is 61.5 Å². The molecular weight excluding hydrogens is 462 g/mol. The Morgan fingerprint density at radius 1 is 1.06 bits per heavy atom. The van der Waals surface area contributed by atoms with Crippen LogP contribution in [0.2, 0.25) is 0 Å². The number of hydrogen-bond donors (Lipinski definition) is 1. The Kier molecular flexibility index (Phi) is 5.63. The summed E-state index contributed by atoms with van der Waals surface area (Å²) in [5, 5.41) is 0. The van der Waals surface area contributed by atoms with Gasteiger partial charge in [-0.1, -0.05) is 55.5 Å². The number of likely N-dealkylation sites (N-methyl/N-ethyl adjacent to an activating group) is 1. The second-order valence-electron chi connectivity index (χ2n) is 8.99. The molecule has 1 spiro atoms. The summed E-state index contributed by atoms with van der Waals surface area (Å²) >= 11 is 0. The van der Waals surface area contributed by atoms with Gasteiger partial charge in [-0.15, -0.1) is 0 Å². The zero-order chi connectivity index (χ0) is 24.8. The third kappa shape index (κ3) is 4.18. The number of nitrogens with zero attached hydrogens (tertiary/aromatic N) is 2. The second kappa shape index (κ2) is 8.53. The first kappa shape index (κ1) is 23.1. The van der Waals surface area contributed by atoms with Crippen molar-refractivity contribution < 1.29 is 17.9 Å². The van der Waals surface area contributed by atoms with Gasteiger partial charge in [0.25, 0.3) is 5.91 Å². The fourth-order valence-corrected chi connectivity index (χ4v) is 5.46. The van der Waals surface area contributed by atoms with Gasteiger partial charge >= 0.3 is 0 Å². The van der Waals surface area contributed by atoms with Gasteiger partial charge in [0.05, 0.1) is 6.26 Å². The highest BCUT2D eigenvalue weighted by molar-refractivity contribution is 7.92. The van der Waals surface area contributed by atoms with E-state index in [0.717, 1.165) is 34.3 Å². The van der Waals surface area contributed by atoms with E-state index >= 15 is 0 Å². The van der Waals surface area contributed by atoms with E-state index in [9.17, 15) is 13.2 Å². The Morgan fingerprint density at radius 3 is 2.49 bits per heavy atom. The predicted octanol–water partition coefficient (Wildman–Crippen LogP) is 4.72. The quantitative estimate of drug-likeness (QED) is 0.562. The van der Waals surface area contributed by atoms with Gasteiger partial charge in [0.15, 0.2) is 5.54 Å². The van der Waals surface area contributed by atoms with Crippen LogP contribution >= 0.6 is 0 Å². The molecule has 0 fully saturated rings. The average molecular weight is 490 g/mol. The zero-order valence-corrected chi connectivity index (χ0v) is 20.7. The van der Waals surface area contributed by atoms with Crippen LogP contribution in [0.15, 0.2) is 77.8 Å². The minimum absolute atomic E-state index is 0.0653. The molecule has 0 aromatic heterocycles. The van der Waals surface area contributed by atoms with Crippen molar-refractivity contribution in [1.82, 2.24) is 4.90 Å². The zero-order valence-electron chi connectivity index (χ0n) is 19.9. The van der Waals surface area contributed by atoms with Gasteiger partial charge in [-0.2, -0.15) is 0 Å². The molecule has 2 heterocycles. The van der Waals surface area contributed by atoms with Gasteiger partial charge in [-0.3, -0.25) is 14.5 Å². The molecule has 2 aliphatic rings. The lowest BCUT2D eigenvalue weighted by Crippen LogP contribution is -2.42. The topological polar surface area (TPSA) is 88.1 Å². The van der Waals surface area contributed by atoms with E-state index in [0.29, 0.717) is 24.3 Å². The standard InChI is InChI=1S/C27H27N3O4S/c1-4-25-28-27(26(31)30(25)2)17-24(18-9-6-5-7-10-18)34-23-14-13-20(16-22(23)27)19-11-8-12-21(15-19)29-35(3,32)33/h5-16,24,29H,4,17H2,1-3H3. The minimum Gasteiger partial charge on any atom is -0.485 e. The van der Waals surface area contributed by atoms with Gasteiger partial charge < -0.3 is 9.64 Å². The van der Waals surface area contributed by atoms with Gasteiger partial charge in [0.2, 0.25) is 10.0 Å². The molecule has 8 heteroatoms. The summed E-state index contributed by atoms with van der Waals surface area (Å²) in [7, 11) is -1.63. The molecule has 0 radical (unpaired) electrons. The normalized spacial score (nSPS) is 21.5. The smallest absolute Gasteiger partial charge is 0.260 e. The number of ether oxygens (including phenoxy) is 1. The summed E-state index contributed by atoms with van der Waals surface area (Å²) in [6, 6.07) is 22.8. The molecule has 1 N–H and O–H groups in total. The van der Waals surface area contributed by atoms with Crippen LogP contribution in [0.4, 0.5) is 5.69 Å². The van der Waals surface area contributed by atoms with Gasteiger partial charge in [0, 0.05) is 31.1 Å². The summed E-state index contributed by atoms with van der Waals surface area (Å²) in [5.74, 6) is 1.31. The second-order valence-corrected chi connectivity index (χ2v) is 10.7. The fraction of sp³-hybridized carbons (Fsp3) is 0.259. The molecule has 3 aromatic carbocycles. The number of benzene rings is 3. The maximum atomic E-state index is 13.7. The number of hydrogen-bond acceptors (Lipinski definition) is 5. The highest BCUT2D eigenvalue weighted by atomic mass is 32.2. The van der Waals surface area contributed by atoms with Crippen molar-refractivity contribution in [3.05, 3.63) is 83.9 Å². The maximum absolute atomic E-state index is 13.7. The minimum atomic E-state index is -3.40. The molecule has 0 bridgehead atoms. The summed E-state index contributed by atoms with van der Waals surface area (Å²) in [5.41, 5.74) is 2.78. The molecule has 3 aromatic rings. The average Bonchev–Trinajstić information content (AvgIpc) is 3.08. The van der Waals surface area contributed by atoms with Gasteiger partial charge in [0.1, 0.15) is 17.7 Å². The van der Waals surface area contributed by atoms with Crippen molar-refractivity contribution in [3.63, 3.8) is 0 Å². The van der Waals surface area contributed by atoms with Crippen LogP contribution in [0.3, 0.4) is 0 Å². The first-order valence-corrected chi connectivity index (χ1v) is 13.4. The van der Waals surface area contributed by atoms with E-state index in [1.165, 1.54) is 0 Å². The monoisotopic (exact) mass is 489 g/mol. The van der Waals surface area contributed by atoms with E-state index in [-0.39, 0.29) is 12.0 Å². The number of carbonyl (C=O) groups excluding carboxylic acids is 1. The molecule has 2 unspecified atom stereocenters. The van der Waals surface area contributed by atoms with Crippen molar-refractivity contribution in [3.8, 4) is 16.9 Å². The summed E-state index contributed by atoms with van der Waals surface area (Å²) in [4.78, 5) is 20.4. The lowest BCUT2D eigenvalue weighted by atomic mass is 9.79. The van der Waals surface area contributed by atoms with Crippen molar-refractivity contribution in [1.29, 1.82) is 0 Å². The van der Waals surface area contributed by atoms with Crippen molar-refractivity contribution in [2.75, 3.05) is 18.0 Å². The third-order valence-electron chi connectivity index (χ3n) is 6.53. The number of rotatable bonds is 5.